The van der Waals surface area contributed by atoms with Gasteiger partial charge < -0.3 is 5.32 Å². The number of anilines is 2. The molecule has 0 radical (unpaired) electrons. The van der Waals surface area contributed by atoms with Crippen LogP contribution in [0.25, 0.3) is 0 Å². The Morgan fingerprint density at radius 2 is 2.07 bits per heavy atom. The molecule has 0 aliphatic carbocycles. The van der Waals surface area contributed by atoms with Crippen LogP contribution >= 0.6 is 27.5 Å². The molecule has 0 saturated carbocycles. The number of nitrogens with one attached hydrogen (secondary N) is 1. The van der Waals surface area contributed by atoms with E-state index in [1.807, 2.05) is 36.4 Å². The number of aromatic nitrogens is 1. The van der Waals surface area contributed by atoms with Crippen molar-refractivity contribution < 1.29 is 0 Å². The molecule has 2 rings (SSSR count). The normalized spacial score (nSPS) is 10.0. The maximum absolute atomic E-state index is 5.87. The van der Waals surface area contributed by atoms with Crippen LogP contribution < -0.4 is 5.32 Å². The minimum absolute atomic E-state index is 0.706. The number of benzene rings is 1. The molecule has 0 aliphatic heterocycles. The molecule has 15 heavy (non-hydrogen) atoms. The van der Waals surface area contributed by atoms with Gasteiger partial charge in [0.25, 0.3) is 0 Å². The monoisotopic (exact) mass is 282 g/mol. The molecule has 1 aromatic carbocycles. The zero-order chi connectivity index (χ0) is 10.7. The topological polar surface area (TPSA) is 24.9 Å². The molecule has 0 bridgehead atoms. The number of halogens is 2. The van der Waals surface area contributed by atoms with E-state index in [1.54, 1.807) is 6.20 Å². The highest BCUT2D eigenvalue weighted by molar-refractivity contribution is 9.10. The van der Waals surface area contributed by atoms with Crippen molar-refractivity contribution in [2.45, 2.75) is 0 Å². The SMILES string of the molecule is Clc1cccc(Nc2ccc(Br)cn2)c1. The van der Waals surface area contributed by atoms with Crippen molar-refractivity contribution in [1.82, 2.24) is 4.98 Å². The number of hydrogen-bond acceptors (Lipinski definition) is 2. The van der Waals surface area contributed by atoms with Crippen LogP contribution in [0.3, 0.4) is 0 Å². The average molecular weight is 284 g/mol. The highest BCUT2D eigenvalue weighted by Gasteiger charge is 1.96. The zero-order valence-corrected chi connectivity index (χ0v) is 10.1. The van der Waals surface area contributed by atoms with E-state index in [2.05, 4.69) is 26.2 Å². The molecule has 0 saturated heterocycles. The van der Waals surface area contributed by atoms with Gasteiger partial charge in [-0.3, -0.25) is 0 Å². The fourth-order valence-electron chi connectivity index (χ4n) is 1.16. The van der Waals surface area contributed by atoms with Crippen LogP contribution in [0, 0.1) is 0 Å². The molecule has 0 fully saturated rings. The summed E-state index contributed by atoms with van der Waals surface area (Å²) in [7, 11) is 0. The summed E-state index contributed by atoms with van der Waals surface area (Å²) in [5.41, 5.74) is 0.928. The van der Waals surface area contributed by atoms with Crippen molar-refractivity contribution >= 4 is 39.0 Å². The molecule has 0 spiro atoms. The Morgan fingerprint density at radius 1 is 1.20 bits per heavy atom. The molecule has 0 atom stereocenters. The van der Waals surface area contributed by atoms with Gasteiger partial charge in [-0.1, -0.05) is 17.7 Å². The Kier molecular flexibility index (Phi) is 3.23. The molecular formula is C11H8BrClN2. The van der Waals surface area contributed by atoms with Gasteiger partial charge in [0.05, 0.1) is 0 Å². The summed E-state index contributed by atoms with van der Waals surface area (Å²) in [6, 6.07) is 11.3. The molecule has 4 heteroatoms. The number of rotatable bonds is 2. The summed E-state index contributed by atoms with van der Waals surface area (Å²) in [4.78, 5) is 4.20. The summed E-state index contributed by atoms with van der Waals surface area (Å²) in [6.07, 6.45) is 1.74. The third kappa shape index (κ3) is 2.94. The fourth-order valence-corrected chi connectivity index (χ4v) is 1.59. The highest BCUT2D eigenvalue weighted by Crippen LogP contribution is 2.19. The molecule has 76 valence electrons. The first-order valence-electron chi connectivity index (χ1n) is 4.38. The van der Waals surface area contributed by atoms with Crippen molar-refractivity contribution in [3.63, 3.8) is 0 Å². The van der Waals surface area contributed by atoms with Gasteiger partial charge in [-0.25, -0.2) is 4.98 Å². The maximum Gasteiger partial charge on any atom is 0.130 e. The van der Waals surface area contributed by atoms with Gasteiger partial charge in [0, 0.05) is 21.4 Å². The van der Waals surface area contributed by atoms with Crippen LogP contribution in [0.2, 0.25) is 5.02 Å². The Balaban J connectivity index is 2.18. The summed E-state index contributed by atoms with van der Waals surface area (Å²) in [5.74, 6) is 0.792. The molecule has 2 aromatic rings. The lowest BCUT2D eigenvalue weighted by atomic mass is 10.3. The summed E-state index contributed by atoms with van der Waals surface area (Å²) in [6.45, 7) is 0. The smallest absolute Gasteiger partial charge is 0.130 e. The van der Waals surface area contributed by atoms with Crippen LogP contribution in [-0.2, 0) is 0 Å². The van der Waals surface area contributed by atoms with Gasteiger partial charge in [-0.15, -0.1) is 0 Å². The van der Waals surface area contributed by atoms with E-state index in [-0.39, 0.29) is 0 Å². The molecule has 1 heterocycles. The van der Waals surface area contributed by atoms with Crippen molar-refractivity contribution in [3.05, 3.63) is 52.1 Å². The lowest BCUT2D eigenvalue weighted by molar-refractivity contribution is 1.29. The summed E-state index contributed by atoms with van der Waals surface area (Å²) in [5, 5.41) is 3.86. The van der Waals surface area contributed by atoms with Gasteiger partial charge in [-0.05, 0) is 46.3 Å². The van der Waals surface area contributed by atoms with Crippen LogP contribution in [0.15, 0.2) is 47.1 Å². The van der Waals surface area contributed by atoms with Gasteiger partial charge in [0.2, 0.25) is 0 Å². The minimum atomic E-state index is 0.706. The van der Waals surface area contributed by atoms with Gasteiger partial charge >= 0.3 is 0 Å². The quantitative estimate of drug-likeness (QED) is 0.891. The molecule has 0 aliphatic rings. The maximum atomic E-state index is 5.87. The minimum Gasteiger partial charge on any atom is -0.340 e. The van der Waals surface area contributed by atoms with Crippen LogP contribution in [0.5, 0.6) is 0 Å². The van der Waals surface area contributed by atoms with E-state index in [1.165, 1.54) is 0 Å². The van der Waals surface area contributed by atoms with E-state index >= 15 is 0 Å². The third-order valence-corrected chi connectivity index (χ3v) is 2.53. The summed E-state index contributed by atoms with van der Waals surface area (Å²) >= 11 is 9.20. The van der Waals surface area contributed by atoms with Crippen molar-refractivity contribution in [3.8, 4) is 0 Å². The first kappa shape index (κ1) is 10.5. The number of nitrogens with zero attached hydrogens (tertiary/aromatic N) is 1. The first-order valence-corrected chi connectivity index (χ1v) is 5.55. The van der Waals surface area contributed by atoms with Crippen LogP contribution in [0.1, 0.15) is 0 Å². The lowest BCUT2D eigenvalue weighted by Crippen LogP contribution is -1.92. The molecule has 0 amide bonds. The standard InChI is InChI=1S/C11H8BrClN2/c12-8-4-5-11(14-7-8)15-10-3-1-2-9(13)6-10/h1-7H,(H,14,15). The Labute approximate surface area is 101 Å². The molecule has 1 aromatic heterocycles. The van der Waals surface area contributed by atoms with Crippen molar-refractivity contribution in [1.29, 1.82) is 0 Å². The van der Waals surface area contributed by atoms with Gasteiger partial charge in [0.1, 0.15) is 5.82 Å². The van der Waals surface area contributed by atoms with Crippen molar-refractivity contribution in [2.75, 3.05) is 5.32 Å². The van der Waals surface area contributed by atoms with E-state index < -0.39 is 0 Å². The second kappa shape index (κ2) is 4.64. The molecular weight excluding hydrogens is 275 g/mol. The third-order valence-electron chi connectivity index (χ3n) is 1.82. The number of pyridine rings is 1. The fraction of sp³-hybridized carbons (Fsp3) is 0. The largest absolute Gasteiger partial charge is 0.340 e. The van der Waals surface area contributed by atoms with Gasteiger partial charge in [-0.2, -0.15) is 0 Å². The first-order chi connectivity index (χ1) is 7.24. The van der Waals surface area contributed by atoms with E-state index in [0.29, 0.717) is 5.02 Å². The van der Waals surface area contributed by atoms with Crippen LogP contribution in [0.4, 0.5) is 11.5 Å². The van der Waals surface area contributed by atoms with E-state index in [0.717, 1.165) is 16.0 Å². The second-order valence-corrected chi connectivity index (χ2v) is 4.35. The molecule has 1 N–H and O–H groups in total. The molecule has 0 unspecified atom stereocenters. The van der Waals surface area contributed by atoms with E-state index in [4.69, 9.17) is 11.6 Å². The zero-order valence-electron chi connectivity index (χ0n) is 7.74. The highest BCUT2D eigenvalue weighted by atomic mass is 79.9. The van der Waals surface area contributed by atoms with Crippen LogP contribution in [-0.4, -0.2) is 4.98 Å². The lowest BCUT2D eigenvalue weighted by Gasteiger charge is -2.05. The summed E-state index contributed by atoms with van der Waals surface area (Å²) < 4.78 is 0.958. The average Bonchev–Trinajstić information content (AvgIpc) is 2.22. The Hall–Kier alpha value is -1.06. The van der Waals surface area contributed by atoms with E-state index in [9.17, 15) is 0 Å². The Bertz CT molecular complexity index is 456. The second-order valence-electron chi connectivity index (χ2n) is 3.00. The van der Waals surface area contributed by atoms with Crippen molar-refractivity contribution in [2.24, 2.45) is 0 Å². The van der Waals surface area contributed by atoms with Gasteiger partial charge in [0.15, 0.2) is 0 Å². The predicted molar refractivity (Wildman–Crippen MR) is 66.7 cm³/mol. The molecule has 2 nitrogen and oxygen atoms in total. The number of hydrogen-bond donors (Lipinski definition) is 1. The Morgan fingerprint density at radius 3 is 2.73 bits per heavy atom. The predicted octanol–water partition coefficient (Wildman–Crippen LogP) is 4.24.